The average Bonchev–Trinajstić information content (AvgIpc) is 2.71. The molecule has 3 nitrogen and oxygen atoms in total. The molecule has 0 aliphatic carbocycles. The summed E-state index contributed by atoms with van der Waals surface area (Å²) < 4.78 is 11.6. The molecule has 0 amide bonds. The van der Waals surface area contributed by atoms with Gasteiger partial charge in [0.25, 0.3) is 8.32 Å². The number of rotatable bonds is 8. The summed E-state index contributed by atoms with van der Waals surface area (Å²) in [4.78, 5) is 11.5. The van der Waals surface area contributed by atoms with Crippen LogP contribution in [0.1, 0.15) is 34.1 Å². The van der Waals surface area contributed by atoms with Gasteiger partial charge in [-0.1, -0.05) is 94.4 Å². The van der Waals surface area contributed by atoms with Crippen LogP contribution in [0.4, 0.5) is 0 Å². The maximum absolute atomic E-state index is 11.5. The standard InChI is InChI=1S/C24H32O3Si/c1-6-20(17-18-23(25)26-5)19-27-28(24(2,3)4,21-13-9-7-10-14-21)22-15-11-8-12-16-22/h7-18,20H,6,19H2,1-5H3/b18-17+/t20-/m1/s1. The van der Waals surface area contributed by atoms with Gasteiger partial charge in [-0.05, 0) is 27.8 Å². The van der Waals surface area contributed by atoms with Crippen molar-refractivity contribution in [3.8, 4) is 0 Å². The van der Waals surface area contributed by atoms with Gasteiger partial charge in [-0.2, -0.15) is 0 Å². The van der Waals surface area contributed by atoms with Crippen LogP contribution < -0.4 is 10.4 Å². The van der Waals surface area contributed by atoms with Crippen molar-refractivity contribution < 1.29 is 14.0 Å². The highest BCUT2D eigenvalue weighted by molar-refractivity contribution is 6.99. The van der Waals surface area contributed by atoms with Crippen LogP contribution in [0.25, 0.3) is 0 Å². The molecule has 2 aromatic carbocycles. The van der Waals surface area contributed by atoms with Gasteiger partial charge in [0.1, 0.15) is 0 Å². The summed E-state index contributed by atoms with van der Waals surface area (Å²) in [6, 6.07) is 21.2. The number of benzene rings is 2. The van der Waals surface area contributed by atoms with E-state index in [0.717, 1.165) is 6.42 Å². The molecule has 0 unspecified atom stereocenters. The van der Waals surface area contributed by atoms with E-state index in [9.17, 15) is 4.79 Å². The third kappa shape index (κ3) is 5.00. The molecular weight excluding hydrogens is 364 g/mol. The van der Waals surface area contributed by atoms with Crippen molar-refractivity contribution in [2.45, 2.75) is 39.2 Å². The maximum atomic E-state index is 11.5. The van der Waals surface area contributed by atoms with Crippen LogP contribution in [-0.2, 0) is 14.0 Å². The molecule has 0 aromatic heterocycles. The Hall–Kier alpha value is -2.17. The highest BCUT2D eigenvalue weighted by Crippen LogP contribution is 2.37. The maximum Gasteiger partial charge on any atom is 0.330 e. The lowest BCUT2D eigenvalue weighted by molar-refractivity contribution is -0.134. The third-order valence-electron chi connectivity index (χ3n) is 5.16. The van der Waals surface area contributed by atoms with Crippen LogP contribution in [0.5, 0.6) is 0 Å². The molecule has 0 N–H and O–H groups in total. The molecule has 150 valence electrons. The molecule has 2 aromatic rings. The Morgan fingerprint density at radius 3 is 1.89 bits per heavy atom. The Labute approximate surface area is 170 Å². The molecule has 0 spiro atoms. The second kappa shape index (κ2) is 9.85. The molecular formula is C24H32O3Si. The number of esters is 1. The van der Waals surface area contributed by atoms with Crippen LogP contribution in [0.2, 0.25) is 5.04 Å². The zero-order valence-electron chi connectivity index (χ0n) is 17.6. The molecule has 0 bridgehead atoms. The monoisotopic (exact) mass is 396 g/mol. The van der Waals surface area contributed by atoms with Crippen molar-refractivity contribution in [2.24, 2.45) is 5.92 Å². The number of carbonyl (C=O) groups is 1. The topological polar surface area (TPSA) is 35.5 Å². The minimum atomic E-state index is -2.54. The minimum Gasteiger partial charge on any atom is -0.466 e. The molecule has 2 rings (SSSR count). The Bertz CT molecular complexity index is 724. The average molecular weight is 397 g/mol. The summed E-state index contributed by atoms with van der Waals surface area (Å²) >= 11 is 0. The fourth-order valence-corrected chi connectivity index (χ4v) is 8.21. The molecule has 0 saturated carbocycles. The van der Waals surface area contributed by atoms with Crippen molar-refractivity contribution in [1.82, 2.24) is 0 Å². The van der Waals surface area contributed by atoms with Gasteiger partial charge in [0.15, 0.2) is 0 Å². The minimum absolute atomic E-state index is 0.0555. The highest BCUT2D eigenvalue weighted by atomic mass is 28.4. The van der Waals surface area contributed by atoms with E-state index in [4.69, 9.17) is 9.16 Å². The lowest BCUT2D eigenvalue weighted by Crippen LogP contribution is -2.66. The first-order valence-corrected chi connectivity index (χ1v) is 11.8. The number of hydrogen-bond acceptors (Lipinski definition) is 3. The van der Waals surface area contributed by atoms with E-state index in [1.54, 1.807) is 0 Å². The Morgan fingerprint density at radius 2 is 1.50 bits per heavy atom. The molecule has 4 heteroatoms. The number of methoxy groups -OCH3 is 1. The van der Waals surface area contributed by atoms with E-state index in [-0.39, 0.29) is 16.9 Å². The van der Waals surface area contributed by atoms with E-state index in [1.807, 2.05) is 18.2 Å². The zero-order valence-corrected chi connectivity index (χ0v) is 18.6. The second-order valence-electron chi connectivity index (χ2n) is 8.02. The summed E-state index contributed by atoms with van der Waals surface area (Å²) in [5, 5.41) is 2.47. The van der Waals surface area contributed by atoms with Crippen LogP contribution in [0.3, 0.4) is 0 Å². The lowest BCUT2D eigenvalue weighted by Gasteiger charge is -2.43. The first-order chi connectivity index (χ1) is 13.3. The quantitative estimate of drug-likeness (QED) is 0.379. The van der Waals surface area contributed by atoms with E-state index in [1.165, 1.54) is 23.6 Å². The van der Waals surface area contributed by atoms with Gasteiger partial charge in [0.2, 0.25) is 0 Å². The fraction of sp³-hybridized carbons (Fsp3) is 0.375. The number of carbonyl (C=O) groups excluding carboxylic acids is 1. The SMILES string of the molecule is CC[C@H](/C=C/C(=O)OC)CO[Si](c1ccccc1)(c1ccccc1)C(C)(C)C. The van der Waals surface area contributed by atoms with Crippen LogP contribution in [-0.4, -0.2) is 28.0 Å². The van der Waals surface area contributed by atoms with Crippen molar-refractivity contribution in [3.63, 3.8) is 0 Å². The van der Waals surface area contributed by atoms with Gasteiger partial charge < -0.3 is 9.16 Å². The van der Waals surface area contributed by atoms with Crippen molar-refractivity contribution >= 4 is 24.7 Å². The number of hydrogen-bond donors (Lipinski definition) is 0. The van der Waals surface area contributed by atoms with Gasteiger partial charge in [-0.3, -0.25) is 0 Å². The van der Waals surface area contributed by atoms with E-state index >= 15 is 0 Å². The van der Waals surface area contributed by atoms with Crippen molar-refractivity contribution in [1.29, 1.82) is 0 Å². The molecule has 0 fully saturated rings. The third-order valence-corrected chi connectivity index (χ3v) is 10.2. The molecule has 1 atom stereocenters. The zero-order chi connectivity index (χ0) is 20.6. The number of ether oxygens (including phenoxy) is 1. The first kappa shape index (κ1) is 22.1. The van der Waals surface area contributed by atoms with Crippen molar-refractivity contribution in [2.75, 3.05) is 13.7 Å². The predicted octanol–water partition coefficient (Wildman–Crippen LogP) is 4.32. The largest absolute Gasteiger partial charge is 0.466 e. The lowest BCUT2D eigenvalue weighted by atomic mass is 10.1. The first-order valence-electron chi connectivity index (χ1n) is 9.86. The van der Waals surface area contributed by atoms with E-state index in [2.05, 4.69) is 76.2 Å². The van der Waals surface area contributed by atoms with Gasteiger partial charge in [0.05, 0.1) is 7.11 Å². The van der Waals surface area contributed by atoms with Crippen LogP contribution in [0.15, 0.2) is 72.8 Å². The molecule has 0 heterocycles. The normalized spacial score (nSPS) is 13.5. The van der Waals surface area contributed by atoms with E-state index in [0.29, 0.717) is 6.61 Å². The van der Waals surface area contributed by atoms with E-state index < -0.39 is 8.32 Å². The summed E-state index contributed by atoms with van der Waals surface area (Å²) in [5.41, 5.74) is 0. The van der Waals surface area contributed by atoms with Gasteiger partial charge in [-0.25, -0.2) is 4.79 Å². The molecule has 0 saturated heterocycles. The van der Waals surface area contributed by atoms with Gasteiger partial charge in [0, 0.05) is 12.7 Å². The van der Waals surface area contributed by atoms with Gasteiger partial charge in [-0.15, -0.1) is 0 Å². The second-order valence-corrected chi connectivity index (χ2v) is 12.3. The summed E-state index contributed by atoms with van der Waals surface area (Å²) in [7, 11) is -1.15. The molecule has 0 aliphatic heterocycles. The summed E-state index contributed by atoms with van der Waals surface area (Å²) in [5.74, 6) is -0.176. The smallest absolute Gasteiger partial charge is 0.330 e. The molecule has 28 heavy (non-hydrogen) atoms. The Kier molecular flexibility index (Phi) is 7.78. The highest BCUT2D eigenvalue weighted by Gasteiger charge is 2.50. The molecule has 0 radical (unpaired) electrons. The Morgan fingerprint density at radius 1 is 1.00 bits per heavy atom. The summed E-state index contributed by atoms with van der Waals surface area (Å²) in [6.07, 6.45) is 4.30. The summed E-state index contributed by atoms with van der Waals surface area (Å²) in [6.45, 7) is 9.48. The molecule has 0 aliphatic rings. The predicted molar refractivity (Wildman–Crippen MR) is 119 cm³/mol. The van der Waals surface area contributed by atoms with Crippen LogP contribution in [0, 0.1) is 5.92 Å². The Balaban J connectivity index is 2.47. The van der Waals surface area contributed by atoms with Gasteiger partial charge >= 0.3 is 5.97 Å². The van der Waals surface area contributed by atoms with Crippen molar-refractivity contribution in [3.05, 3.63) is 72.8 Å². The fourth-order valence-electron chi connectivity index (χ4n) is 3.59. The van der Waals surface area contributed by atoms with Crippen LogP contribution >= 0.6 is 0 Å².